The molecular formula is C10H9NO4S. The Labute approximate surface area is 93.2 Å². The molecule has 0 spiro atoms. The van der Waals surface area contributed by atoms with Gasteiger partial charge in [0.25, 0.3) is 5.69 Å². The zero-order valence-electron chi connectivity index (χ0n) is 8.72. The molecule has 1 aromatic carbocycles. The minimum Gasteiger partial charge on any atom is -0.258 e. The highest BCUT2D eigenvalue weighted by Crippen LogP contribution is 2.20. The Morgan fingerprint density at radius 3 is 2.50 bits per heavy atom. The fourth-order valence-corrected chi connectivity index (χ4v) is 1.40. The summed E-state index contributed by atoms with van der Waals surface area (Å²) in [7, 11) is -3.47. The van der Waals surface area contributed by atoms with Gasteiger partial charge in [0.2, 0.25) is 9.84 Å². The Morgan fingerprint density at radius 1 is 1.38 bits per heavy atom. The summed E-state index contributed by atoms with van der Waals surface area (Å²) in [5, 5.41) is 12.7. The van der Waals surface area contributed by atoms with Crippen molar-refractivity contribution in [3.05, 3.63) is 39.4 Å². The van der Waals surface area contributed by atoms with Gasteiger partial charge in [0, 0.05) is 11.3 Å². The van der Waals surface area contributed by atoms with E-state index in [-0.39, 0.29) is 11.3 Å². The lowest BCUT2D eigenvalue weighted by Gasteiger charge is -1.98. The first-order valence-corrected chi connectivity index (χ1v) is 6.17. The third kappa shape index (κ3) is 3.07. The van der Waals surface area contributed by atoms with Gasteiger partial charge in [-0.25, -0.2) is 8.42 Å². The van der Waals surface area contributed by atoms with Gasteiger partial charge in [-0.05, 0) is 18.4 Å². The minimum absolute atomic E-state index is 0.137. The number of aryl methyl sites for hydroxylation is 1. The summed E-state index contributed by atoms with van der Waals surface area (Å²) in [6.45, 7) is 1.64. The lowest BCUT2D eigenvalue weighted by Crippen LogP contribution is -1.95. The van der Waals surface area contributed by atoms with Crippen molar-refractivity contribution in [3.63, 3.8) is 0 Å². The molecule has 1 aromatic rings. The average Bonchev–Trinajstić information content (AvgIpc) is 2.13. The van der Waals surface area contributed by atoms with Crippen LogP contribution in [0.25, 0.3) is 0 Å². The fourth-order valence-electron chi connectivity index (χ4n) is 1.11. The van der Waals surface area contributed by atoms with Crippen molar-refractivity contribution in [2.24, 2.45) is 0 Å². The summed E-state index contributed by atoms with van der Waals surface area (Å²) in [6, 6.07) is 4.46. The molecule has 0 unspecified atom stereocenters. The van der Waals surface area contributed by atoms with Gasteiger partial charge in [0.15, 0.2) is 0 Å². The van der Waals surface area contributed by atoms with Crippen LogP contribution in [0.5, 0.6) is 0 Å². The number of hydrogen-bond donors (Lipinski definition) is 0. The molecule has 0 atom stereocenters. The summed E-state index contributed by atoms with van der Waals surface area (Å²) in [4.78, 5) is 10.1. The molecule has 0 N–H and O–H groups in total. The molecule has 16 heavy (non-hydrogen) atoms. The maximum absolute atomic E-state index is 10.9. The maximum Gasteiger partial charge on any atom is 0.285 e. The van der Waals surface area contributed by atoms with Crippen LogP contribution in [-0.2, 0) is 9.84 Å². The zero-order chi connectivity index (χ0) is 12.3. The largest absolute Gasteiger partial charge is 0.285 e. The monoisotopic (exact) mass is 239 g/mol. The second-order valence-corrected chi connectivity index (χ2v) is 4.97. The lowest BCUT2D eigenvalue weighted by molar-refractivity contribution is -0.385. The number of sulfone groups is 1. The van der Waals surface area contributed by atoms with Crippen LogP contribution >= 0.6 is 0 Å². The van der Waals surface area contributed by atoms with Gasteiger partial charge in [0.05, 0.1) is 11.2 Å². The van der Waals surface area contributed by atoms with Crippen molar-refractivity contribution in [3.8, 4) is 11.2 Å². The zero-order valence-corrected chi connectivity index (χ0v) is 9.54. The Bertz CT molecular complexity index is 593. The van der Waals surface area contributed by atoms with Crippen LogP contribution in [-0.4, -0.2) is 19.6 Å². The van der Waals surface area contributed by atoms with Crippen molar-refractivity contribution < 1.29 is 13.3 Å². The van der Waals surface area contributed by atoms with E-state index in [4.69, 9.17) is 0 Å². The topological polar surface area (TPSA) is 77.3 Å². The van der Waals surface area contributed by atoms with Crippen LogP contribution in [0.1, 0.15) is 11.1 Å². The highest BCUT2D eigenvalue weighted by Gasteiger charge is 2.13. The van der Waals surface area contributed by atoms with Crippen LogP contribution in [0.4, 0.5) is 5.69 Å². The second-order valence-electron chi connectivity index (χ2n) is 3.23. The summed E-state index contributed by atoms with van der Waals surface area (Å²) >= 11 is 0. The molecule has 0 aromatic heterocycles. The molecule has 84 valence electrons. The standard InChI is InChI=1S/C10H9NO4S/c1-8-4-3-5-10(11(12)13)9(8)6-7-16(2,14)15/h3-5H,1-2H3. The summed E-state index contributed by atoms with van der Waals surface area (Å²) < 4.78 is 21.7. The fraction of sp³-hybridized carbons (Fsp3) is 0.200. The molecule has 0 saturated heterocycles. The Balaban J connectivity index is 3.42. The number of nitrogens with zero attached hydrogens (tertiary/aromatic N) is 1. The average molecular weight is 239 g/mol. The molecule has 0 saturated carbocycles. The van der Waals surface area contributed by atoms with Crippen LogP contribution in [0.3, 0.4) is 0 Å². The molecule has 0 aliphatic carbocycles. The minimum atomic E-state index is -3.47. The van der Waals surface area contributed by atoms with E-state index in [1.165, 1.54) is 12.1 Å². The van der Waals surface area contributed by atoms with Gasteiger partial charge in [-0.15, -0.1) is 0 Å². The third-order valence-corrected chi connectivity index (χ3v) is 2.28. The maximum atomic E-state index is 10.9. The number of benzene rings is 1. The Morgan fingerprint density at radius 2 is 2.00 bits per heavy atom. The first-order valence-electron chi connectivity index (χ1n) is 4.28. The van der Waals surface area contributed by atoms with Gasteiger partial charge < -0.3 is 0 Å². The molecule has 0 aliphatic rings. The molecule has 6 heteroatoms. The van der Waals surface area contributed by atoms with Crippen molar-refractivity contribution in [2.45, 2.75) is 6.92 Å². The van der Waals surface area contributed by atoms with E-state index in [9.17, 15) is 18.5 Å². The van der Waals surface area contributed by atoms with E-state index in [0.717, 1.165) is 6.26 Å². The SMILES string of the molecule is Cc1cccc([N+](=O)[O-])c1C#CS(C)(=O)=O. The third-order valence-electron chi connectivity index (χ3n) is 1.81. The molecule has 0 heterocycles. The number of nitro benzene ring substituents is 1. The summed E-state index contributed by atoms with van der Waals surface area (Å²) in [6.07, 6.45) is 0.949. The molecule has 0 bridgehead atoms. The van der Waals surface area contributed by atoms with Gasteiger partial charge in [-0.3, -0.25) is 10.1 Å². The van der Waals surface area contributed by atoms with Crippen molar-refractivity contribution in [1.82, 2.24) is 0 Å². The first-order chi connectivity index (χ1) is 7.31. The quantitative estimate of drug-likeness (QED) is 0.420. The van der Waals surface area contributed by atoms with E-state index in [2.05, 4.69) is 5.92 Å². The number of rotatable bonds is 1. The predicted octanol–water partition coefficient (Wildman–Crippen LogP) is 1.26. The van der Waals surface area contributed by atoms with Crippen LogP contribution in [0, 0.1) is 28.2 Å². The smallest absolute Gasteiger partial charge is 0.258 e. The Kier molecular flexibility index (Phi) is 3.30. The first kappa shape index (κ1) is 12.2. The highest BCUT2D eigenvalue weighted by molar-refractivity contribution is 7.95. The van der Waals surface area contributed by atoms with Crippen molar-refractivity contribution in [1.29, 1.82) is 0 Å². The van der Waals surface area contributed by atoms with Gasteiger partial charge in [0.1, 0.15) is 5.56 Å². The highest BCUT2D eigenvalue weighted by atomic mass is 32.2. The molecule has 0 radical (unpaired) electrons. The van der Waals surface area contributed by atoms with Gasteiger partial charge in [-0.1, -0.05) is 12.1 Å². The predicted molar refractivity (Wildman–Crippen MR) is 59.6 cm³/mol. The molecule has 1 rings (SSSR count). The van der Waals surface area contributed by atoms with Crippen LogP contribution in [0.15, 0.2) is 18.2 Å². The lowest BCUT2D eigenvalue weighted by atomic mass is 10.1. The summed E-state index contributed by atoms with van der Waals surface area (Å²) in [5.74, 6) is 2.32. The molecule has 0 amide bonds. The van der Waals surface area contributed by atoms with Crippen molar-refractivity contribution >= 4 is 15.5 Å². The molecule has 0 fully saturated rings. The van der Waals surface area contributed by atoms with E-state index >= 15 is 0 Å². The summed E-state index contributed by atoms with van der Waals surface area (Å²) in [5.41, 5.74) is 0.527. The molecule has 0 aliphatic heterocycles. The van der Waals surface area contributed by atoms with E-state index < -0.39 is 14.8 Å². The van der Waals surface area contributed by atoms with E-state index in [1.807, 2.05) is 5.25 Å². The van der Waals surface area contributed by atoms with Gasteiger partial charge in [-0.2, -0.15) is 0 Å². The molecule has 5 nitrogen and oxygen atoms in total. The molecular weight excluding hydrogens is 230 g/mol. The number of hydrogen-bond acceptors (Lipinski definition) is 4. The normalized spacial score (nSPS) is 10.4. The van der Waals surface area contributed by atoms with Crippen LogP contribution in [0.2, 0.25) is 0 Å². The van der Waals surface area contributed by atoms with Crippen LogP contribution < -0.4 is 0 Å². The van der Waals surface area contributed by atoms with E-state index in [0.29, 0.717) is 5.56 Å². The van der Waals surface area contributed by atoms with Gasteiger partial charge >= 0.3 is 0 Å². The van der Waals surface area contributed by atoms with E-state index in [1.54, 1.807) is 13.0 Å². The Hall–Kier alpha value is -1.87. The van der Waals surface area contributed by atoms with Crippen molar-refractivity contribution in [2.75, 3.05) is 6.26 Å². The second kappa shape index (κ2) is 4.33. The number of nitro groups is 1.